The number of nitrogens with one attached hydrogen (secondary N) is 2. The second kappa shape index (κ2) is 4.98. The zero-order valence-corrected chi connectivity index (χ0v) is 9.21. The molecule has 1 heterocycles. The number of aromatic amines is 1. The predicted octanol–water partition coefficient (Wildman–Crippen LogP) is 1.36. The Hall–Kier alpha value is -1.29. The first-order valence-corrected chi connectivity index (χ1v) is 5.08. The third kappa shape index (κ3) is 3.75. The van der Waals surface area contributed by atoms with Crippen molar-refractivity contribution in [2.24, 2.45) is 0 Å². The molecule has 4 heteroatoms. The van der Waals surface area contributed by atoms with Gasteiger partial charge in [-0.2, -0.15) is 0 Å². The summed E-state index contributed by atoms with van der Waals surface area (Å²) in [5, 5.41) is 11.6. The van der Waals surface area contributed by atoms with Crippen LogP contribution in [0.25, 0.3) is 0 Å². The normalized spacial score (nSPS) is 11.6. The molecule has 4 nitrogen and oxygen atoms in total. The van der Waals surface area contributed by atoms with Crippen LogP contribution in [0.1, 0.15) is 25.8 Å². The molecule has 0 bridgehead atoms. The van der Waals surface area contributed by atoms with E-state index in [0.29, 0.717) is 6.54 Å². The first-order chi connectivity index (χ1) is 7.02. The number of rotatable bonds is 6. The van der Waals surface area contributed by atoms with Gasteiger partial charge in [-0.1, -0.05) is 13.8 Å². The number of aliphatic carboxylic acids is 1. The highest BCUT2D eigenvalue weighted by Gasteiger charge is 2.20. The summed E-state index contributed by atoms with van der Waals surface area (Å²) in [4.78, 5) is 13.3. The van der Waals surface area contributed by atoms with Crippen LogP contribution in [0.3, 0.4) is 0 Å². The van der Waals surface area contributed by atoms with Crippen molar-refractivity contribution < 1.29 is 9.90 Å². The van der Waals surface area contributed by atoms with E-state index >= 15 is 0 Å². The van der Waals surface area contributed by atoms with Crippen LogP contribution in [0.4, 0.5) is 0 Å². The fourth-order valence-electron chi connectivity index (χ4n) is 1.44. The SMILES string of the molecule is CC(C)(CNCCC(=O)O)c1cc[nH]c1. The minimum absolute atomic E-state index is 0.0263. The molecule has 0 aromatic carbocycles. The molecule has 0 radical (unpaired) electrons. The molecular weight excluding hydrogens is 192 g/mol. The molecule has 0 unspecified atom stereocenters. The minimum Gasteiger partial charge on any atom is -0.481 e. The molecule has 0 aliphatic carbocycles. The lowest BCUT2D eigenvalue weighted by Crippen LogP contribution is -2.33. The Balaban J connectivity index is 2.34. The van der Waals surface area contributed by atoms with Crippen molar-refractivity contribution in [3.63, 3.8) is 0 Å². The largest absolute Gasteiger partial charge is 0.481 e. The maximum absolute atomic E-state index is 10.3. The van der Waals surface area contributed by atoms with Gasteiger partial charge < -0.3 is 15.4 Å². The van der Waals surface area contributed by atoms with Crippen molar-refractivity contribution in [1.82, 2.24) is 10.3 Å². The standard InChI is InChI=1S/C11H18N2O2/c1-11(2,9-3-5-12-7-9)8-13-6-4-10(14)15/h3,5,7,12-13H,4,6,8H2,1-2H3,(H,14,15). The highest BCUT2D eigenvalue weighted by molar-refractivity contribution is 5.66. The van der Waals surface area contributed by atoms with Gasteiger partial charge in [-0.25, -0.2) is 0 Å². The minimum atomic E-state index is -0.762. The van der Waals surface area contributed by atoms with Gasteiger partial charge in [0.15, 0.2) is 0 Å². The summed E-state index contributed by atoms with van der Waals surface area (Å²) in [6.07, 6.45) is 4.04. The Labute approximate surface area is 89.7 Å². The number of carbonyl (C=O) groups is 1. The van der Waals surface area contributed by atoms with Crippen molar-refractivity contribution in [2.45, 2.75) is 25.7 Å². The van der Waals surface area contributed by atoms with Crippen LogP contribution in [0.5, 0.6) is 0 Å². The lowest BCUT2D eigenvalue weighted by atomic mass is 9.86. The van der Waals surface area contributed by atoms with E-state index in [1.807, 2.05) is 18.5 Å². The zero-order valence-electron chi connectivity index (χ0n) is 9.21. The Morgan fingerprint density at radius 2 is 2.33 bits per heavy atom. The topological polar surface area (TPSA) is 65.1 Å². The van der Waals surface area contributed by atoms with Crippen LogP contribution in [0.2, 0.25) is 0 Å². The monoisotopic (exact) mass is 210 g/mol. The van der Waals surface area contributed by atoms with E-state index < -0.39 is 5.97 Å². The molecule has 15 heavy (non-hydrogen) atoms. The molecule has 0 aliphatic rings. The molecule has 0 atom stereocenters. The molecule has 1 aromatic heterocycles. The van der Waals surface area contributed by atoms with Gasteiger partial charge in [0.05, 0.1) is 6.42 Å². The van der Waals surface area contributed by atoms with Crippen molar-refractivity contribution >= 4 is 5.97 Å². The van der Waals surface area contributed by atoms with Crippen LogP contribution in [0, 0.1) is 0 Å². The number of carboxylic acids is 1. The summed E-state index contributed by atoms with van der Waals surface area (Å²) in [6.45, 7) is 5.55. The molecule has 0 saturated heterocycles. The summed E-state index contributed by atoms with van der Waals surface area (Å²) in [6, 6.07) is 2.04. The molecule has 1 rings (SSSR count). The van der Waals surface area contributed by atoms with Crippen LogP contribution in [-0.2, 0) is 10.2 Å². The van der Waals surface area contributed by atoms with Crippen LogP contribution in [0.15, 0.2) is 18.5 Å². The number of hydrogen-bond donors (Lipinski definition) is 3. The highest BCUT2D eigenvalue weighted by atomic mass is 16.4. The molecule has 0 spiro atoms. The number of hydrogen-bond acceptors (Lipinski definition) is 2. The van der Waals surface area contributed by atoms with Crippen molar-refractivity contribution in [3.05, 3.63) is 24.0 Å². The van der Waals surface area contributed by atoms with E-state index in [1.54, 1.807) is 0 Å². The Morgan fingerprint density at radius 1 is 1.60 bits per heavy atom. The van der Waals surface area contributed by atoms with E-state index in [0.717, 1.165) is 6.54 Å². The fraction of sp³-hybridized carbons (Fsp3) is 0.545. The Kier molecular flexibility index (Phi) is 3.91. The quantitative estimate of drug-likeness (QED) is 0.621. The fourth-order valence-corrected chi connectivity index (χ4v) is 1.44. The van der Waals surface area contributed by atoms with Gasteiger partial charge in [0, 0.05) is 30.9 Å². The second-order valence-electron chi connectivity index (χ2n) is 4.30. The number of aromatic nitrogens is 1. The first kappa shape index (κ1) is 11.8. The predicted molar refractivity (Wildman–Crippen MR) is 58.9 cm³/mol. The smallest absolute Gasteiger partial charge is 0.304 e. The lowest BCUT2D eigenvalue weighted by Gasteiger charge is -2.24. The van der Waals surface area contributed by atoms with Gasteiger partial charge in [0.25, 0.3) is 0 Å². The van der Waals surface area contributed by atoms with Crippen LogP contribution >= 0.6 is 0 Å². The Bertz CT molecular complexity index is 304. The van der Waals surface area contributed by atoms with Crippen molar-refractivity contribution in [2.75, 3.05) is 13.1 Å². The molecule has 3 N–H and O–H groups in total. The average molecular weight is 210 g/mol. The van der Waals surface area contributed by atoms with Crippen molar-refractivity contribution in [3.8, 4) is 0 Å². The molecule has 0 aliphatic heterocycles. The van der Waals surface area contributed by atoms with Crippen LogP contribution in [-0.4, -0.2) is 29.1 Å². The molecule has 1 aromatic rings. The summed E-state index contributed by atoms with van der Waals surface area (Å²) in [5.74, 6) is -0.762. The maximum Gasteiger partial charge on any atom is 0.304 e. The van der Waals surface area contributed by atoms with E-state index in [2.05, 4.69) is 24.1 Å². The van der Waals surface area contributed by atoms with E-state index in [1.165, 1.54) is 5.56 Å². The maximum atomic E-state index is 10.3. The summed E-state index contributed by atoms with van der Waals surface area (Å²) in [7, 11) is 0. The number of H-pyrrole nitrogens is 1. The number of carboxylic acid groups (broad SMARTS) is 1. The van der Waals surface area contributed by atoms with Gasteiger partial charge in [-0.15, -0.1) is 0 Å². The summed E-state index contributed by atoms with van der Waals surface area (Å²) < 4.78 is 0. The molecular formula is C11H18N2O2. The van der Waals surface area contributed by atoms with E-state index in [9.17, 15) is 4.79 Å². The van der Waals surface area contributed by atoms with Gasteiger partial charge in [0.1, 0.15) is 0 Å². The van der Waals surface area contributed by atoms with E-state index in [-0.39, 0.29) is 11.8 Å². The van der Waals surface area contributed by atoms with Crippen molar-refractivity contribution in [1.29, 1.82) is 0 Å². The first-order valence-electron chi connectivity index (χ1n) is 5.08. The lowest BCUT2D eigenvalue weighted by molar-refractivity contribution is -0.136. The zero-order chi connectivity index (χ0) is 11.3. The van der Waals surface area contributed by atoms with Gasteiger partial charge in [0.2, 0.25) is 0 Å². The second-order valence-corrected chi connectivity index (χ2v) is 4.30. The molecule has 0 saturated carbocycles. The Morgan fingerprint density at radius 3 is 2.87 bits per heavy atom. The summed E-state index contributed by atoms with van der Waals surface area (Å²) >= 11 is 0. The van der Waals surface area contributed by atoms with Gasteiger partial charge >= 0.3 is 5.97 Å². The molecule has 84 valence electrons. The van der Waals surface area contributed by atoms with Gasteiger partial charge in [-0.05, 0) is 11.6 Å². The third-order valence-electron chi connectivity index (χ3n) is 2.46. The summed E-state index contributed by atoms with van der Waals surface area (Å²) in [5.41, 5.74) is 1.25. The van der Waals surface area contributed by atoms with Gasteiger partial charge in [-0.3, -0.25) is 4.79 Å². The third-order valence-corrected chi connectivity index (χ3v) is 2.46. The highest BCUT2D eigenvalue weighted by Crippen LogP contribution is 2.21. The molecule has 0 amide bonds. The van der Waals surface area contributed by atoms with E-state index in [4.69, 9.17) is 5.11 Å². The average Bonchev–Trinajstić information content (AvgIpc) is 2.65. The molecule has 0 fully saturated rings. The van der Waals surface area contributed by atoms with Crippen LogP contribution < -0.4 is 5.32 Å².